The zero-order valence-corrected chi connectivity index (χ0v) is 69.2. The van der Waals surface area contributed by atoms with Gasteiger partial charge in [0.05, 0.1) is 19.4 Å². The molecule has 42 nitrogen and oxygen atoms in total. The van der Waals surface area contributed by atoms with Crippen molar-refractivity contribution in [1.29, 1.82) is 0 Å². The molecule has 2 unspecified atom stereocenters. The van der Waals surface area contributed by atoms with Crippen LogP contribution in [0.5, 0.6) is 0 Å². The molecule has 3 rings (SSSR count). The van der Waals surface area contributed by atoms with Crippen LogP contribution >= 0.6 is 0 Å². The van der Waals surface area contributed by atoms with Crippen molar-refractivity contribution in [1.82, 2.24) is 84.4 Å². The Labute approximate surface area is 691 Å². The summed E-state index contributed by atoms with van der Waals surface area (Å²) in [6.45, 7) is 13.4. The van der Waals surface area contributed by atoms with Gasteiger partial charge in [-0.25, -0.2) is 9.78 Å². The number of aliphatic hydroxyl groups is 1. The Hall–Kier alpha value is -11.4. The number of unbranched alkanes of at least 4 members (excludes halogenated alkanes) is 2. The van der Waals surface area contributed by atoms with Crippen molar-refractivity contribution in [2.24, 2.45) is 51.6 Å². The average molecular weight is 1680 g/mol. The molecule has 0 saturated carbocycles. The highest BCUT2D eigenvalue weighted by molar-refractivity contribution is 6.02. The molecular weight excluding hydrogens is 1550 g/mol. The highest BCUT2D eigenvalue weighted by Gasteiger charge is 2.48. The molecular formula is C77H125N21O21. The van der Waals surface area contributed by atoms with Crippen LogP contribution in [0.4, 0.5) is 0 Å². The summed E-state index contributed by atoms with van der Waals surface area (Å²) in [7, 11) is 0. The number of nitrogens with one attached hydrogen (secondary N) is 15. The molecule has 664 valence electrons. The van der Waals surface area contributed by atoms with Gasteiger partial charge < -0.3 is 123 Å². The Kier molecular flexibility index (Phi) is 44.8. The Bertz CT molecular complexity index is 3750. The highest BCUT2D eigenvalue weighted by atomic mass is 16.4. The summed E-state index contributed by atoms with van der Waals surface area (Å²) in [5, 5.41) is 74.6. The molecule has 2 heterocycles. The Morgan fingerprint density at radius 3 is 1.64 bits per heavy atom. The number of rotatable bonds is 46. The number of hydrogen-bond acceptors (Lipinski definition) is 22. The number of carboxylic acid groups (broad SMARTS) is 3. The summed E-state index contributed by atoms with van der Waals surface area (Å²) in [5.41, 5.74) is 21.3. The van der Waals surface area contributed by atoms with Crippen LogP contribution in [0.1, 0.15) is 189 Å². The van der Waals surface area contributed by atoms with Crippen LogP contribution in [0.2, 0.25) is 0 Å². The average Bonchev–Trinajstić information content (AvgIpc) is 0.840. The van der Waals surface area contributed by atoms with E-state index in [9.17, 15) is 82.8 Å². The van der Waals surface area contributed by atoms with E-state index in [0.717, 1.165) is 6.92 Å². The topological polar surface area (TPSA) is 685 Å². The Morgan fingerprint density at radius 1 is 0.605 bits per heavy atom. The van der Waals surface area contributed by atoms with E-state index in [1.165, 1.54) is 24.7 Å². The molecule has 42 heteroatoms. The first-order valence-corrected chi connectivity index (χ1v) is 40.2. The first-order valence-electron chi connectivity index (χ1n) is 40.2. The summed E-state index contributed by atoms with van der Waals surface area (Å²) in [4.78, 5) is 249. The molecule has 14 amide bonds. The van der Waals surface area contributed by atoms with Gasteiger partial charge in [0.2, 0.25) is 76.8 Å². The number of imidazole rings is 1. The number of aromatic amines is 1. The lowest BCUT2D eigenvalue weighted by Gasteiger charge is -2.40. The number of hydrogen-bond donors (Lipinski definition) is 23. The molecule has 0 radical (unpaired) electrons. The number of benzene rings is 1. The lowest BCUT2D eigenvalue weighted by Crippen LogP contribution is -2.66. The fourth-order valence-electron chi connectivity index (χ4n) is 13.0. The molecule has 1 aromatic heterocycles. The van der Waals surface area contributed by atoms with Crippen molar-refractivity contribution in [3.8, 4) is 0 Å². The third-order valence-corrected chi connectivity index (χ3v) is 19.7. The van der Waals surface area contributed by atoms with E-state index < -0.39 is 223 Å². The first-order chi connectivity index (χ1) is 56.2. The minimum atomic E-state index is -2.21. The van der Waals surface area contributed by atoms with Gasteiger partial charge in [-0.15, -0.1) is 0 Å². The molecule has 0 aliphatic carbocycles. The van der Waals surface area contributed by atoms with Gasteiger partial charge in [-0.1, -0.05) is 92.1 Å². The second-order valence-electron chi connectivity index (χ2n) is 30.7. The number of carbonyl (C=O) groups excluding carboxylic acids is 14. The largest absolute Gasteiger partial charge is 0.481 e. The second-order valence-corrected chi connectivity index (χ2v) is 30.7. The molecule has 2 aromatic rings. The van der Waals surface area contributed by atoms with Crippen molar-refractivity contribution in [3.05, 3.63) is 54.1 Å². The molecule has 1 aliphatic rings. The Balaban J connectivity index is 2.26. The number of nitrogens with zero attached hydrogens (tertiary/aromatic N) is 2. The van der Waals surface area contributed by atoms with Crippen LogP contribution in [-0.2, 0) is 93.5 Å². The zero-order valence-electron chi connectivity index (χ0n) is 69.2. The summed E-state index contributed by atoms with van der Waals surface area (Å²) in [5.74, 6) is -20.7. The maximum Gasteiger partial charge on any atom is 0.328 e. The van der Waals surface area contributed by atoms with E-state index in [0.29, 0.717) is 18.5 Å². The van der Waals surface area contributed by atoms with Gasteiger partial charge in [0.15, 0.2) is 5.96 Å². The van der Waals surface area contributed by atoms with E-state index >= 15 is 19.2 Å². The van der Waals surface area contributed by atoms with E-state index in [1.807, 2.05) is 5.32 Å². The number of aliphatic hydroxyl groups excluding tert-OH is 1. The standard InChI is InChI=1S/C77H125N21O21/c1-10-44(8)62(97-68(111)49(23-15-17-31-79)89-71(114)56(36-47-38-82-40-85-47)93-63(106)48(22-14-16-30-78)87-66(109)52(86-45(9)100)27-29-60(102)103)73(116)98-77(43(6)7,46-20-12-11-13-21-46)75(119)96-53-26-28-59(101)83-32-18-24-51(65(108)94-57(37-61(104)105)72(115)95-58(39-99)74(117)118)90-69(112)54(34-41(2)3)92-70(113)55(35-42(4)5)91-64(107)50(88-67(53)110)25-19-33-84-76(80)81/h11-13,20-21,38,40-44,48-58,62,99H,10,14-19,22-37,39,78-79H2,1-9H3,(H,82,85)(H,83,101)(H,86,100)(H,87,109)(H,88,110)(H,89,114)(H,90,112)(H,91,107)(H,92,113)(H,93,106)(H,94,108)(H,95,115)(H,96,119)(H,97,111)(H,98,116)(H,102,103)(H,104,105)(H,117,118)(H4,80,81,84)/t44?,48-,49-,50-,51-,52-,53-,54-,55-,56-,57-,58-,62-,77?/m0/s1. The van der Waals surface area contributed by atoms with Crippen molar-refractivity contribution < 1.29 is 102 Å². The number of aliphatic carboxylic acids is 3. The quantitative estimate of drug-likeness (QED) is 0.0171. The number of aliphatic imine (C=N–C) groups is 1. The number of amides is 14. The normalized spacial score (nSPS) is 19.0. The summed E-state index contributed by atoms with van der Waals surface area (Å²) in [6, 6.07) is -11.3. The number of nitrogens with two attached hydrogens (primary N) is 4. The van der Waals surface area contributed by atoms with Crippen LogP contribution in [0.25, 0.3) is 0 Å². The number of carbonyl (C=O) groups is 17. The summed E-state index contributed by atoms with van der Waals surface area (Å²) >= 11 is 0. The molecule has 0 bridgehead atoms. The van der Waals surface area contributed by atoms with Crippen LogP contribution in [-0.4, -0.2) is 242 Å². The van der Waals surface area contributed by atoms with Gasteiger partial charge in [0.1, 0.15) is 78.0 Å². The fourth-order valence-corrected chi connectivity index (χ4v) is 13.0. The molecule has 1 aromatic carbocycles. The summed E-state index contributed by atoms with van der Waals surface area (Å²) < 4.78 is 0. The molecule has 1 aliphatic heterocycles. The molecule has 27 N–H and O–H groups in total. The monoisotopic (exact) mass is 1680 g/mol. The predicted molar refractivity (Wildman–Crippen MR) is 432 cm³/mol. The van der Waals surface area contributed by atoms with Gasteiger partial charge in [-0.3, -0.25) is 81.7 Å². The van der Waals surface area contributed by atoms with Crippen LogP contribution in [0, 0.1) is 23.7 Å². The number of aromatic nitrogens is 2. The maximum absolute atomic E-state index is 16.0. The van der Waals surface area contributed by atoms with E-state index in [-0.39, 0.29) is 133 Å². The van der Waals surface area contributed by atoms with Crippen molar-refractivity contribution in [3.63, 3.8) is 0 Å². The number of carboxylic acids is 3. The van der Waals surface area contributed by atoms with Crippen molar-refractivity contribution >= 4 is 107 Å². The predicted octanol–water partition coefficient (Wildman–Crippen LogP) is -3.99. The third-order valence-electron chi connectivity index (χ3n) is 19.7. The molecule has 119 heavy (non-hydrogen) atoms. The van der Waals surface area contributed by atoms with Crippen LogP contribution in [0.15, 0.2) is 47.8 Å². The second kappa shape index (κ2) is 52.4. The Morgan fingerprint density at radius 2 is 1.13 bits per heavy atom. The molecule has 14 atom stereocenters. The van der Waals surface area contributed by atoms with Crippen LogP contribution in [0.3, 0.4) is 0 Å². The van der Waals surface area contributed by atoms with E-state index in [1.54, 1.807) is 73.6 Å². The van der Waals surface area contributed by atoms with Gasteiger partial charge in [-0.05, 0) is 132 Å². The first kappa shape index (κ1) is 102. The number of guanidine groups is 1. The van der Waals surface area contributed by atoms with Crippen molar-refractivity contribution in [2.45, 2.75) is 262 Å². The highest BCUT2D eigenvalue weighted by Crippen LogP contribution is 2.32. The van der Waals surface area contributed by atoms with E-state index in [2.05, 4.69) is 84.1 Å². The fraction of sp³-hybridized carbons (Fsp3) is 0.649. The smallest absolute Gasteiger partial charge is 0.328 e. The van der Waals surface area contributed by atoms with Gasteiger partial charge in [-0.2, -0.15) is 0 Å². The molecule has 1 fully saturated rings. The molecule has 0 spiro atoms. The lowest BCUT2D eigenvalue weighted by molar-refractivity contribution is -0.144. The maximum atomic E-state index is 16.0. The third kappa shape index (κ3) is 35.7. The summed E-state index contributed by atoms with van der Waals surface area (Å²) in [6.07, 6.45) is -0.202. The minimum absolute atomic E-state index is 0.00889. The van der Waals surface area contributed by atoms with Gasteiger partial charge in [0, 0.05) is 51.2 Å². The zero-order chi connectivity index (χ0) is 89.2. The molecule has 1 saturated heterocycles. The van der Waals surface area contributed by atoms with Crippen LogP contribution < -0.4 is 97.4 Å². The van der Waals surface area contributed by atoms with Gasteiger partial charge in [0.25, 0.3) is 5.91 Å². The number of H-pyrrole nitrogens is 1. The minimum Gasteiger partial charge on any atom is -0.481 e. The van der Waals surface area contributed by atoms with Gasteiger partial charge >= 0.3 is 17.9 Å². The lowest BCUT2D eigenvalue weighted by atomic mass is 9.78. The SMILES string of the molecule is CCC(C)[C@H](NC(=O)[C@H](CCCCN)NC(=O)[C@H](Cc1cnc[nH]1)NC(=O)[C@H](CCCCN)NC(=O)[C@H](CCC(=O)O)NC(C)=O)C(=O)NC(C(=O)N[C@H]1CCC(=O)NCCC[C@@H](C(=O)N[C@@H](CC(=O)O)C(=O)N[C@@H](CO)C(=O)O)NC(=O)[C@H](CC(C)C)NC(=O)[C@H](CC(C)C)NC(=O)[C@H](CCCN=C(N)N)NC1=O)(c1ccccc1)C(C)C. The van der Waals surface area contributed by atoms with Crippen molar-refractivity contribution in [2.75, 3.05) is 32.8 Å². The van der Waals surface area contributed by atoms with E-state index in [4.69, 9.17) is 22.9 Å².